The summed E-state index contributed by atoms with van der Waals surface area (Å²) in [5.74, 6) is 1.67. The molecule has 3 aromatic rings. The van der Waals surface area contributed by atoms with E-state index in [1.165, 1.54) is 23.1 Å². The first-order valence-electron chi connectivity index (χ1n) is 14.0. The third-order valence-electron chi connectivity index (χ3n) is 6.66. The minimum absolute atomic E-state index is 0.00262. The zero-order valence-corrected chi connectivity index (χ0v) is 25.3. The first-order chi connectivity index (χ1) is 20.3. The number of terminal acetylenes is 1. The molecule has 0 fully saturated rings. The van der Waals surface area contributed by atoms with E-state index in [-0.39, 0.29) is 18.7 Å². The average Bonchev–Trinajstić information content (AvgIpc) is 2.94. The third-order valence-corrected chi connectivity index (χ3v) is 6.66. The van der Waals surface area contributed by atoms with Gasteiger partial charge in [-0.3, -0.25) is 9.59 Å². The molecule has 8 nitrogen and oxygen atoms in total. The van der Waals surface area contributed by atoms with E-state index in [9.17, 15) is 19.5 Å². The number of hydrogen-bond donors (Lipinski definition) is 3. The van der Waals surface area contributed by atoms with Gasteiger partial charge in [0.25, 0.3) is 5.91 Å². The number of nitrogens with one attached hydrogen (secondary N) is 2. The Morgan fingerprint density at radius 2 is 1.63 bits per heavy atom. The Balaban J connectivity index is 2.09. The number of aromatic hydroxyl groups is 1. The van der Waals surface area contributed by atoms with E-state index in [4.69, 9.17) is 11.2 Å². The molecule has 0 saturated carbocycles. The van der Waals surface area contributed by atoms with Crippen molar-refractivity contribution in [1.82, 2.24) is 10.2 Å². The number of rotatable bonds is 10. The van der Waals surface area contributed by atoms with Gasteiger partial charge in [-0.05, 0) is 81.1 Å². The topological polar surface area (TPSA) is 108 Å². The lowest BCUT2D eigenvalue weighted by Crippen LogP contribution is -2.53. The molecule has 0 saturated heterocycles. The number of phenolic OH excluding ortho intramolecular Hbond substituents is 1. The summed E-state index contributed by atoms with van der Waals surface area (Å²) in [7, 11) is 0. The number of phenols is 1. The van der Waals surface area contributed by atoms with Gasteiger partial charge >= 0.3 is 6.09 Å². The molecular weight excluding hydrogens is 542 g/mol. The molecule has 3 amide bonds. The highest BCUT2D eigenvalue weighted by Gasteiger charge is 2.36. The van der Waals surface area contributed by atoms with Crippen LogP contribution in [-0.4, -0.2) is 46.1 Å². The van der Waals surface area contributed by atoms with E-state index in [1.807, 2.05) is 32.0 Å². The van der Waals surface area contributed by atoms with E-state index < -0.39 is 35.6 Å². The number of carbonyl (C=O) groups excluding carboxylic acids is 3. The van der Waals surface area contributed by atoms with Crippen LogP contribution in [0.4, 0.5) is 10.5 Å². The molecule has 0 aliphatic carbocycles. The molecule has 0 heterocycles. The molecule has 0 radical (unpaired) electrons. The molecule has 0 spiro atoms. The molecule has 43 heavy (non-hydrogen) atoms. The molecule has 8 heteroatoms. The van der Waals surface area contributed by atoms with Crippen LogP contribution < -0.4 is 10.6 Å². The first kappa shape index (κ1) is 32.5. The summed E-state index contributed by atoms with van der Waals surface area (Å²) in [6.07, 6.45) is 6.39. The lowest BCUT2D eigenvalue weighted by atomic mass is 9.99. The van der Waals surface area contributed by atoms with Crippen molar-refractivity contribution in [3.05, 3.63) is 107 Å². The fraction of sp³-hybridized carbons (Fsp3) is 0.286. The molecule has 2 unspecified atom stereocenters. The Morgan fingerprint density at radius 1 is 1.02 bits per heavy atom. The second-order valence-electron chi connectivity index (χ2n) is 11.3. The number of ether oxygens (including phenoxy) is 1. The zero-order valence-electron chi connectivity index (χ0n) is 25.3. The minimum Gasteiger partial charge on any atom is -0.508 e. The molecule has 0 aromatic heterocycles. The molecule has 2 atom stereocenters. The maximum atomic E-state index is 14.4. The van der Waals surface area contributed by atoms with Crippen molar-refractivity contribution in [2.24, 2.45) is 0 Å². The lowest BCUT2D eigenvalue weighted by Gasteiger charge is -2.34. The number of amides is 3. The quantitative estimate of drug-likeness (QED) is 0.207. The van der Waals surface area contributed by atoms with Gasteiger partial charge in [0, 0.05) is 24.2 Å². The number of benzene rings is 3. The van der Waals surface area contributed by atoms with Gasteiger partial charge in [-0.1, -0.05) is 54.5 Å². The summed E-state index contributed by atoms with van der Waals surface area (Å²) in [4.78, 5) is 42.8. The van der Waals surface area contributed by atoms with Crippen molar-refractivity contribution >= 4 is 23.6 Å². The van der Waals surface area contributed by atoms with Crippen LogP contribution in [0.5, 0.6) is 5.75 Å². The Bertz CT molecular complexity index is 1480. The smallest absolute Gasteiger partial charge is 0.408 e. The third kappa shape index (κ3) is 8.98. The first-order valence-corrected chi connectivity index (χ1v) is 14.0. The normalized spacial score (nSPS) is 12.3. The number of nitrogens with zero attached hydrogens (tertiary/aromatic N) is 1. The summed E-state index contributed by atoms with van der Waals surface area (Å²) in [5.41, 5.74) is 3.41. The molecular formula is C35H39N3O5. The van der Waals surface area contributed by atoms with Crippen LogP contribution in [0.2, 0.25) is 0 Å². The maximum absolute atomic E-state index is 14.4. The summed E-state index contributed by atoms with van der Waals surface area (Å²) < 4.78 is 5.46. The summed E-state index contributed by atoms with van der Waals surface area (Å²) >= 11 is 0. The van der Waals surface area contributed by atoms with Gasteiger partial charge in [0.05, 0.1) is 0 Å². The minimum atomic E-state index is -1.11. The molecule has 224 valence electrons. The van der Waals surface area contributed by atoms with Crippen molar-refractivity contribution in [2.75, 3.05) is 11.9 Å². The van der Waals surface area contributed by atoms with Crippen LogP contribution in [-0.2, 0) is 20.7 Å². The Kier molecular flexibility index (Phi) is 10.8. The SMILES string of the molecule is C#Cc1ccc(C(C(=O)Nc2c(C)cccc2C)N(CC=C)C(=O)C(Cc2ccc(O)cc2)NC(=O)OC(C)(C)C)cc1. The van der Waals surface area contributed by atoms with Crippen molar-refractivity contribution in [3.8, 4) is 18.1 Å². The highest BCUT2D eigenvalue weighted by Crippen LogP contribution is 2.28. The maximum Gasteiger partial charge on any atom is 0.408 e. The van der Waals surface area contributed by atoms with Crippen LogP contribution in [0.25, 0.3) is 0 Å². The predicted molar refractivity (Wildman–Crippen MR) is 169 cm³/mol. The van der Waals surface area contributed by atoms with Gasteiger partial charge in [-0.25, -0.2) is 4.79 Å². The second-order valence-corrected chi connectivity index (χ2v) is 11.3. The highest BCUT2D eigenvalue weighted by atomic mass is 16.6. The number of anilines is 1. The lowest BCUT2D eigenvalue weighted by molar-refractivity contribution is -0.140. The number of aryl methyl sites for hydroxylation is 2. The van der Waals surface area contributed by atoms with Gasteiger partial charge < -0.3 is 25.4 Å². The Morgan fingerprint density at radius 3 is 2.16 bits per heavy atom. The van der Waals surface area contributed by atoms with Gasteiger partial charge in [-0.15, -0.1) is 13.0 Å². The fourth-order valence-corrected chi connectivity index (χ4v) is 4.62. The van der Waals surface area contributed by atoms with Gasteiger partial charge in [0.15, 0.2) is 0 Å². The Hall–Kier alpha value is -5.03. The standard InChI is InChI=1S/C35H39N3O5/c1-8-21-38(33(41)29(36-34(42)43-35(5,6)7)22-26-15-19-28(39)20-16-26)31(27-17-13-25(9-2)14-18-27)32(40)37-30-23(3)11-10-12-24(30)4/h2,8,10-20,29,31,39H,1,21-22H2,3-7H3,(H,36,42)(H,37,40). The van der Waals surface area contributed by atoms with Crippen LogP contribution in [0.15, 0.2) is 79.4 Å². The molecule has 3 N–H and O–H groups in total. The fourth-order valence-electron chi connectivity index (χ4n) is 4.62. The van der Waals surface area contributed by atoms with E-state index in [1.54, 1.807) is 57.2 Å². The second kappa shape index (κ2) is 14.2. The van der Waals surface area contributed by atoms with Gasteiger partial charge in [0.1, 0.15) is 23.4 Å². The van der Waals surface area contributed by atoms with Crippen molar-refractivity contribution < 1.29 is 24.2 Å². The van der Waals surface area contributed by atoms with E-state index >= 15 is 0 Å². The average molecular weight is 582 g/mol. The van der Waals surface area contributed by atoms with Crippen LogP contribution in [0, 0.1) is 26.2 Å². The van der Waals surface area contributed by atoms with Crippen molar-refractivity contribution in [2.45, 2.75) is 58.7 Å². The zero-order chi connectivity index (χ0) is 31.7. The molecule has 0 aliphatic heterocycles. The van der Waals surface area contributed by atoms with Crippen molar-refractivity contribution in [3.63, 3.8) is 0 Å². The number of alkyl carbamates (subject to hydrolysis) is 1. The van der Waals surface area contributed by atoms with E-state index in [0.29, 0.717) is 22.4 Å². The number of carbonyl (C=O) groups is 3. The van der Waals surface area contributed by atoms with Crippen molar-refractivity contribution in [1.29, 1.82) is 0 Å². The summed E-state index contributed by atoms with van der Waals surface area (Å²) in [6, 6.07) is 16.6. The number of hydrogen-bond acceptors (Lipinski definition) is 5. The molecule has 0 aliphatic rings. The monoisotopic (exact) mass is 581 g/mol. The van der Waals surface area contributed by atoms with Gasteiger partial charge in [0.2, 0.25) is 5.91 Å². The van der Waals surface area contributed by atoms with Crippen LogP contribution in [0.3, 0.4) is 0 Å². The van der Waals surface area contributed by atoms with E-state index in [2.05, 4.69) is 23.1 Å². The molecule has 3 rings (SSSR count). The van der Waals surface area contributed by atoms with Crippen LogP contribution in [0.1, 0.15) is 54.6 Å². The van der Waals surface area contributed by atoms with Gasteiger partial charge in [-0.2, -0.15) is 0 Å². The largest absolute Gasteiger partial charge is 0.508 e. The summed E-state index contributed by atoms with van der Waals surface area (Å²) in [6.45, 7) is 12.8. The number of para-hydroxylation sites is 1. The molecule has 0 bridgehead atoms. The Labute approximate surface area is 253 Å². The van der Waals surface area contributed by atoms with Crippen LogP contribution >= 0.6 is 0 Å². The van der Waals surface area contributed by atoms with E-state index in [0.717, 1.165) is 11.1 Å². The molecule has 3 aromatic carbocycles. The highest BCUT2D eigenvalue weighted by molar-refractivity contribution is 6.00. The predicted octanol–water partition coefficient (Wildman–Crippen LogP) is 5.82. The summed E-state index contributed by atoms with van der Waals surface area (Å²) in [5, 5.41) is 15.5.